The van der Waals surface area contributed by atoms with Gasteiger partial charge in [0.1, 0.15) is 0 Å². The number of aryl methyl sites for hydroxylation is 1. The molecule has 2 rings (SSSR count). The average Bonchev–Trinajstić information content (AvgIpc) is 2.24. The van der Waals surface area contributed by atoms with Crippen molar-refractivity contribution in [2.45, 2.75) is 58.7 Å². The molecule has 1 aromatic rings. The van der Waals surface area contributed by atoms with Gasteiger partial charge in [-0.05, 0) is 49.4 Å². The van der Waals surface area contributed by atoms with Crippen LogP contribution in [0.15, 0.2) is 18.2 Å². The van der Waals surface area contributed by atoms with Crippen LogP contribution in [0.1, 0.15) is 44.2 Å². The van der Waals surface area contributed by atoms with Gasteiger partial charge in [-0.1, -0.05) is 19.9 Å². The van der Waals surface area contributed by atoms with E-state index in [-0.39, 0.29) is 0 Å². The van der Waals surface area contributed by atoms with E-state index in [1.54, 1.807) is 0 Å². The molecule has 0 heterocycles. The van der Waals surface area contributed by atoms with Gasteiger partial charge in [0.05, 0.1) is 0 Å². The quantitative estimate of drug-likeness (QED) is 0.855. The van der Waals surface area contributed by atoms with Gasteiger partial charge in [-0.15, -0.1) is 0 Å². The van der Waals surface area contributed by atoms with E-state index >= 15 is 0 Å². The summed E-state index contributed by atoms with van der Waals surface area (Å²) in [6, 6.07) is 8.18. The summed E-state index contributed by atoms with van der Waals surface area (Å²) in [6.45, 7) is 7.56. The summed E-state index contributed by atoms with van der Waals surface area (Å²) in [7, 11) is 2.23. The first kappa shape index (κ1) is 13.4. The van der Waals surface area contributed by atoms with E-state index in [0.29, 0.717) is 6.04 Å². The van der Waals surface area contributed by atoms with E-state index in [1.807, 2.05) is 0 Å². The number of hydrogen-bond acceptors (Lipinski definition) is 2. The molecule has 0 bridgehead atoms. The Morgan fingerprint density at radius 2 is 2.06 bits per heavy atom. The average molecular weight is 246 g/mol. The fraction of sp³-hybridized carbons (Fsp3) is 0.625. The smallest absolute Gasteiger partial charge is 0.0368 e. The lowest BCUT2D eigenvalue weighted by Crippen LogP contribution is -2.37. The molecule has 0 atom stereocenters. The van der Waals surface area contributed by atoms with Crippen molar-refractivity contribution >= 4 is 5.69 Å². The first-order chi connectivity index (χ1) is 8.58. The van der Waals surface area contributed by atoms with Crippen molar-refractivity contribution in [3.8, 4) is 0 Å². The second-order valence-electron chi connectivity index (χ2n) is 5.84. The molecular weight excluding hydrogens is 220 g/mol. The number of benzene rings is 1. The molecule has 1 saturated carbocycles. The zero-order chi connectivity index (χ0) is 13.1. The van der Waals surface area contributed by atoms with Gasteiger partial charge in [-0.2, -0.15) is 0 Å². The maximum atomic E-state index is 3.48. The number of anilines is 1. The maximum absolute atomic E-state index is 3.48. The molecular formula is C16H26N2. The van der Waals surface area contributed by atoms with Gasteiger partial charge in [-0.3, -0.25) is 0 Å². The molecule has 2 nitrogen and oxygen atoms in total. The molecule has 0 aliphatic heterocycles. The van der Waals surface area contributed by atoms with Gasteiger partial charge in [0.25, 0.3) is 0 Å². The van der Waals surface area contributed by atoms with Gasteiger partial charge in [0.2, 0.25) is 0 Å². The van der Waals surface area contributed by atoms with Crippen molar-refractivity contribution < 1.29 is 0 Å². The Morgan fingerprint density at radius 3 is 2.56 bits per heavy atom. The SMILES string of the molecule is Cc1cc(N(C)C2CCC2)ccc1CNC(C)C. The fourth-order valence-corrected chi connectivity index (χ4v) is 2.40. The van der Waals surface area contributed by atoms with E-state index in [0.717, 1.165) is 12.6 Å². The lowest BCUT2D eigenvalue weighted by atomic mass is 9.91. The third-order valence-corrected chi connectivity index (χ3v) is 4.06. The topological polar surface area (TPSA) is 15.3 Å². The molecule has 1 fully saturated rings. The third kappa shape index (κ3) is 3.05. The van der Waals surface area contributed by atoms with E-state index < -0.39 is 0 Å². The highest BCUT2D eigenvalue weighted by atomic mass is 15.1. The lowest BCUT2D eigenvalue weighted by Gasteiger charge is -2.36. The molecule has 1 N–H and O–H groups in total. The van der Waals surface area contributed by atoms with Crippen molar-refractivity contribution in [2.75, 3.05) is 11.9 Å². The van der Waals surface area contributed by atoms with Crippen LogP contribution in [0.2, 0.25) is 0 Å². The van der Waals surface area contributed by atoms with Crippen molar-refractivity contribution in [1.82, 2.24) is 5.32 Å². The summed E-state index contributed by atoms with van der Waals surface area (Å²) in [6.07, 6.45) is 4.10. The minimum Gasteiger partial charge on any atom is -0.372 e. The van der Waals surface area contributed by atoms with Gasteiger partial charge in [0.15, 0.2) is 0 Å². The molecule has 0 spiro atoms. The van der Waals surface area contributed by atoms with Gasteiger partial charge < -0.3 is 10.2 Å². The van der Waals surface area contributed by atoms with Crippen LogP contribution in [0, 0.1) is 6.92 Å². The Hall–Kier alpha value is -1.02. The second kappa shape index (κ2) is 5.75. The van der Waals surface area contributed by atoms with Crippen LogP contribution in [0.5, 0.6) is 0 Å². The molecule has 0 radical (unpaired) electrons. The summed E-state index contributed by atoms with van der Waals surface area (Å²) in [5.74, 6) is 0. The van der Waals surface area contributed by atoms with Crippen LogP contribution in [-0.2, 0) is 6.54 Å². The Labute approximate surface area is 111 Å². The first-order valence-corrected chi connectivity index (χ1v) is 7.13. The van der Waals surface area contributed by atoms with E-state index in [4.69, 9.17) is 0 Å². The highest BCUT2D eigenvalue weighted by Gasteiger charge is 2.22. The summed E-state index contributed by atoms with van der Waals surface area (Å²) in [5, 5.41) is 3.48. The monoisotopic (exact) mass is 246 g/mol. The summed E-state index contributed by atoms with van der Waals surface area (Å²) in [5.41, 5.74) is 4.17. The lowest BCUT2D eigenvalue weighted by molar-refractivity contribution is 0.401. The Kier molecular flexibility index (Phi) is 4.28. The van der Waals surface area contributed by atoms with Crippen LogP contribution in [-0.4, -0.2) is 19.1 Å². The zero-order valence-corrected chi connectivity index (χ0v) is 12.2. The maximum Gasteiger partial charge on any atom is 0.0368 e. The van der Waals surface area contributed by atoms with Crippen LogP contribution in [0.25, 0.3) is 0 Å². The Balaban J connectivity index is 2.04. The predicted octanol–water partition coefficient (Wildman–Crippen LogP) is 3.48. The highest BCUT2D eigenvalue weighted by Crippen LogP contribution is 2.29. The fourth-order valence-electron chi connectivity index (χ4n) is 2.40. The van der Waals surface area contributed by atoms with E-state index in [1.165, 1.54) is 36.1 Å². The second-order valence-corrected chi connectivity index (χ2v) is 5.84. The van der Waals surface area contributed by atoms with Crippen LogP contribution in [0.4, 0.5) is 5.69 Å². The van der Waals surface area contributed by atoms with Crippen LogP contribution >= 0.6 is 0 Å². The van der Waals surface area contributed by atoms with E-state index in [2.05, 4.69) is 56.2 Å². The number of rotatable bonds is 5. The molecule has 0 unspecified atom stereocenters. The number of hydrogen-bond donors (Lipinski definition) is 1. The first-order valence-electron chi connectivity index (χ1n) is 7.13. The number of nitrogens with zero attached hydrogens (tertiary/aromatic N) is 1. The highest BCUT2D eigenvalue weighted by molar-refractivity contribution is 5.51. The standard InChI is InChI=1S/C16H26N2/c1-12(2)17-11-14-8-9-16(10-13(14)3)18(4)15-6-5-7-15/h8-10,12,15,17H,5-7,11H2,1-4H3. The molecule has 0 aromatic heterocycles. The summed E-state index contributed by atoms with van der Waals surface area (Å²) >= 11 is 0. The molecule has 1 aliphatic rings. The van der Waals surface area contributed by atoms with Gasteiger partial charge in [-0.25, -0.2) is 0 Å². The predicted molar refractivity (Wildman–Crippen MR) is 79.2 cm³/mol. The largest absolute Gasteiger partial charge is 0.372 e. The van der Waals surface area contributed by atoms with Crippen molar-refractivity contribution in [3.63, 3.8) is 0 Å². The molecule has 1 aliphatic carbocycles. The molecule has 0 amide bonds. The minimum absolute atomic E-state index is 0.543. The van der Waals surface area contributed by atoms with Crippen LogP contribution < -0.4 is 10.2 Å². The molecule has 2 heteroatoms. The normalized spacial score (nSPS) is 15.8. The van der Waals surface area contributed by atoms with Crippen molar-refractivity contribution in [3.05, 3.63) is 29.3 Å². The van der Waals surface area contributed by atoms with Gasteiger partial charge in [0, 0.05) is 31.4 Å². The Bertz CT molecular complexity index is 394. The van der Waals surface area contributed by atoms with Crippen LogP contribution in [0.3, 0.4) is 0 Å². The van der Waals surface area contributed by atoms with E-state index in [9.17, 15) is 0 Å². The third-order valence-electron chi connectivity index (χ3n) is 4.06. The Morgan fingerprint density at radius 1 is 1.33 bits per heavy atom. The molecule has 0 saturated heterocycles. The molecule has 100 valence electrons. The minimum atomic E-state index is 0.543. The molecule has 18 heavy (non-hydrogen) atoms. The molecule has 1 aromatic carbocycles. The van der Waals surface area contributed by atoms with Crippen molar-refractivity contribution in [2.24, 2.45) is 0 Å². The zero-order valence-electron chi connectivity index (χ0n) is 12.2. The number of nitrogens with one attached hydrogen (secondary N) is 1. The summed E-state index contributed by atoms with van der Waals surface area (Å²) in [4.78, 5) is 2.44. The van der Waals surface area contributed by atoms with Gasteiger partial charge >= 0.3 is 0 Å². The summed E-state index contributed by atoms with van der Waals surface area (Å²) < 4.78 is 0. The van der Waals surface area contributed by atoms with Crippen molar-refractivity contribution in [1.29, 1.82) is 0 Å².